The zero-order valence-electron chi connectivity index (χ0n) is 12.9. The molecule has 126 valence electrons. The molecular weight excluding hydrogens is 316 g/mol. The molecule has 1 aromatic carbocycles. The number of thioether (sulfide) groups is 1. The van der Waals surface area contributed by atoms with E-state index in [9.17, 15) is 14.7 Å². The highest BCUT2D eigenvalue weighted by Gasteiger charge is 2.24. The van der Waals surface area contributed by atoms with Crippen molar-refractivity contribution in [2.75, 3.05) is 12.8 Å². The number of amidine groups is 1. The van der Waals surface area contributed by atoms with E-state index in [1.165, 1.54) is 11.8 Å². The highest BCUT2D eigenvalue weighted by Crippen LogP contribution is 2.13. The fraction of sp³-hybridized carbons (Fsp3) is 0.400. The van der Waals surface area contributed by atoms with Gasteiger partial charge < -0.3 is 21.9 Å². The lowest BCUT2D eigenvalue weighted by molar-refractivity contribution is -0.142. The van der Waals surface area contributed by atoms with Crippen molar-refractivity contribution in [1.29, 1.82) is 0 Å². The second kappa shape index (κ2) is 9.86. The Labute approximate surface area is 139 Å². The number of aliphatic imine (C=N–C) groups is 1. The third-order valence-electron chi connectivity index (χ3n) is 3.15. The molecule has 23 heavy (non-hydrogen) atoms. The first-order valence-corrected chi connectivity index (χ1v) is 8.35. The van der Waals surface area contributed by atoms with E-state index in [1.807, 2.05) is 6.26 Å². The molecule has 0 aliphatic heterocycles. The van der Waals surface area contributed by atoms with Crippen LogP contribution < -0.4 is 16.8 Å². The Morgan fingerprint density at radius 2 is 2.00 bits per heavy atom. The summed E-state index contributed by atoms with van der Waals surface area (Å²) in [6.07, 6.45) is 2.82. The van der Waals surface area contributed by atoms with Crippen LogP contribution in [0.4, 0.5) is 0 Å². The summed E-state index contributed by atoms with van der Waals surface area (Å²) in [7, 11) is 0. The van der Waals surface area contributed by atoms with Gasteiger partial charge in [-0.05, 0) is 24.7 Å². The summed E-state index contributed by atoms with van der Waals surface area (Å²) in [5.41, 5.74) is 11.9. The maximum atomic E-state index is 12.1. The fourth-order valence-electron chi connectivity index (χ4n) is 1.88. The van der Waals surface area contributed by atoms with E-state index in [4.69, 9.17) is 11.5 Å². The molecule has 1 amide bonds. The van der Waals surface area contributed by atoms with Gasteiger partial charge in [0.05, 0.1) is 6.04 Å². The molecule has 0 heterocycles. The Morgan fingerprint density at radius 1 is 1.35 bits per heavy atom. The number of carbonyl (C=O) groups is 2. The minimum Gasteiger partial charge on any atom is -0.479 e. The molecule has 0 fully saturated rings. The number of nitrogens with one attached hydrogen (secondary N) is 1. The first-order valence-electron chi connectivity index (χ1n) is 7.13. The van der Waals surface area contributed by atoms with Gasteiger partial charge in [0.1, 0.15) is 0 Å². The van der Waals surface area contributed by atoms with Crippen LogP contribution >= 0.6 is 11.8 Å². The molecule has 1 rings (SSSR count). The molecule has 0 unspecified atom stereocenters. The SMILES string of the molecule is CSC(N)=NCCC[C@H](N)C(=O)N[C@H](C(=O)O)c1ccccc1. The quantitative estimate of drug-likeness (QED) is 0.314. The van der Waals surface area contributed by atoms with E-state index in [0.29, 0.717) is 30.1 Å². The van der Waals surface area contributed by atoms with E-state index < -0.39 is 24.0 Å². The summed E-state index contributed by atoms with van der Waals surface area (Å²) in [5, 5.41) is 12.2. The average Bonchev–Trinajstić information content (AvgIpc) is 2.56. The van der Waals surface area contributed by atoms with Crippen molar-refractivity contribution in [3.05, 3.63) is 35.9 Å². The topological polar surface area (TPSA) is 131 Å². The standard InChI is InChI=1S/C15H22N4O3S/c1-23-15(17)18-9-5-8-11(16)13(20)19-12(14(21)22)10-6-3-2-4-7-10/h2-4,6-7,11-12H,5,8-9,16H2,1H3,(H2,17,18)(H,19,20)(H,21,22)/t11-,12-/m0/s1. The van der Waals surface area contributed by atoms with Gasteiger partial charge >= 0.3 is 5.97 Å². The van der Waals surface area contributed by atoms with Crippen molar-refractivity contribution in [1.82, 2.24) is 5.32 Å². The molecule has 0 aliphatic rings. The second-order valence-electron chi connectivity index (χ2n) is 4.86. The van der Waals surface area contributed by atoms with Crippen molar-refractivity contribution in [3.63, 3.8) is 0 Å². The predicted molar refractivity (Wildman–Crippen MR) is 92.2 cm³/mol. The summed E-state index contributed by atoms with van der Waals surface area (Å²) >= 11 is 1.35. The molecule has 8 heteroatoms. The Hall–Kier alpha value is -2.06. The molecule has 0 saturated heterocycles. The zero-order valence-corrected chi connectivity index (χ0v) is 13.8. The number of nitrogens with zero attached hydrogens (tertiary/aromatic N) is 1. The van der Waals surface area contributed by atoms with Gasteiger partial charge in [0.2, 0.25) is 5.91 Å². The number of carbonyl (C=O) groups excluding carboxylic acids is 1. The van der Waals surface area contributed by atoms with Gasteiger partial charge in [-0.2, -0.15) is 0 Å². The van der Waals surface area contributed by atoms with Crippen LogP contribution in [0.15, 0.2) is 35.3 Å². The Morgan fingerprint density at radius 3 is 2.57 bits per heavy atom. The van der Waals surface area contributed by atoms with Crippen LogP contribution in [-0.4, -0.2) is 41.0 Å². The molecule has 1 aromatic rings. The van der Waals surface area contributed by atoms with E-state index >= 15 is 0 Å². The van der Waals surface area contributed by atoms with Crippen molar-refractivity contribution >= 4 is 28.8 Å². The van der Waals surface area contributed by atoms with Gasteiger partial charge in [0.25, 0.3) is 0 Å². The van der Waals surface area contributed by atoms with E-state index in [2.05, 4.69) is 10.3 Å². The second-order valence-corrected chi connectivity index (χ2v) is 5.69. The molecular formula is C15H22N4O3S. The third-order valence-corrected chi connectivity index (χ3v) is 3.70. The largest absolute Gasteiger partial charge is 0.479 e. The summed E-state index contributed by atoms with van der Waals surface area (Å²) in [5.74, 6) is -1.63. The summed E-state index contributed by atoms with van der Waals surface area (Å²) in [6, 6.07) is 6.59. The number of nitrogens with two attached hydrogens (primary N) is 2. The van der Waals surface area contributed by atoms with Gasteiger partial charge in [0, 0.05) is 6.54 Å². The summed E-state index contributed by atoms with van der Waals surface area (Å²) in [4.78, 5) is 27.5. The number of carboxylic acids is 1. The zero-order chi connectivity index (χ0) is 17.2. The number of benzene rings is 1. The maximum absolute atomic E-state index is 12.1. The van der Waals surface area contributed by atoms with Gasteiger partial charge in [-0.1, -0.05) is 42.1 Å². The highest BCUT2D eigenvalue weighted by atomic mass is 32.2. The van der Waals surface area contributed by atoms with E-state index in [-0.39, 0.29) is 0 Å². The first kappa shape index (κ1) is 19.0. The number of hydrogen-bond acceptors (Lipinski definition) is 5. The first-order chi connectivity index (χ1) is 11.0. The van der Waals surface area contributed by atoms with Gasteiger partial charge in [-0.15, -0.1) is 0 Å². The number of aliphatic carboxylic acids is 1. The Bertz CT molecular complexity index is 551. The minimum absolute atomic E-state index is 0.401. The third kappa shape index (κ3) is 6.70. The van der Waals surface area contributed by atoms with Gasteiger partial charge in [-0.3, -0.25) is 9.79 Å². The van der Waals surface area contributed by atoms with E-state index in [1.54, 1.807) is 30.3 Å². The van der Waals surface area contributed by atoms with E-state index in [0.717, 1.165) is 0 Å². The molecule has 2 atom stereocenters. The highest BCUT2D eigenvalue weighted by molar-refractivity contribution is 8.13. The van der Waals surface area contributed by atoms with Gasteiger partial charge in [-0.25, -0.2) is 4.79 Å². The summed E-state index contributed by atoms with van der Waals surface area (Å²) in [6.45, 7) is 0.481. The molecule has 7 nitrogen and oxygen atoms in total. The Kier molecular flexibility index (Phi) is 8.14. The van der Waals surface area contributed by atoms with Crippen molar-refractivity contribution in [2.45, 2.75) is 24.9 Å². The van der Waals surface area contributed by atoms with Gasteiger partial charge in [0.15, 0.2) is 11.2 Å². The van der Waals surface area contributed by atoms with Crippen molar-refractivity contribution < 1.29 is 14.7 Å². The normalized spacial score (nSPS) is 14.1. The number of carboxylic acid groups (broad SMARTS) is 1. The van der Waals surface area contributed by atoms with Crippen LogP contribution in [-0.2, 0) is 9.59 Å². The number of rotatable bonds is 8. The molecule has 0 spiro atoms. The van der Waals surface area contributed by atoms with Crippen LogP contribution in [0.2, 0.25) is 0 Å². The van der Waals surface area contributed by atoms with Crippen LogP contribution in [0, 0.1) is 0 Å². The molecule has 6 N–H and O–H groups in total. The summed E-state index contributed by atoms with van der Waals surface area (Å²) < 4.78 is 0. The Balaban J connectivity index is 2.53. The lowest BCUT2D eigenvalue weighted by atomic mass is 10.1. The molecule has 0 bridgehead atoms. The predicted octanol–water partition coefficient (Wildman–Crippen LogP) is 0.714. The molecule has 0 aliphatic carbocycles. The molecule has 0 aromatic heterocycles. The lowest BCUT2D eigenvalue weighted by Gasteiger charge is -2.18. The smallest absolute Gasteiger partial charge is 0.330 e. The van der Waals surface area contributed by atoms with Crippen LogP contribution in [0.3, 0.4) is 0 Å². The average molecular weight is 338 g/mol. The van der Waals surface area contributed by atoms with Crippen LogP contribution in [0.25, 0.3) is 0 Å². The maximum Gasteiger partial charge on any atom is 0.330 e. The lowest BCUT2D eigenvalue weighted by Crippen LogP contribution is -2.44. The minimum atomic E-state index is -1.13. The van der Waals surface area contributed by atoms with Crippen molar-refractivity contribution in [3.8, 4) is 0 Å². The molecule has 0 radical (unpaired) electrons. The van der Waals surface area contributed by atoms with Crippen LogP contribution in [0.5, 0.6) is 0 Å². The van der Waals surface area contributed by atoms with Crippen LogP contribution in [0.1, 0.15) is 24.4 Å². The van der Waals surface area contributed by atoms with Crippen molar-refractivity contribution in [2.24, 2.45) is 16.5 Å². The fourth-order valence-corrected chi connectivity index (χ4v) is 2.10. The number of amides is 1. The molecule has 0 saturated carbocycles. The number of hydrogen-bond donors (Lipinski definition) is 4. The monoisotopic (exact) mass is 338 g/mol.